The molecule has 0 saturated carbocycles. The van der Waals surface area contributed by atoms with Crippen LogP contribution in [0.1, 0.15) is 64.1 Å². The maximum absolute atomic E-state index is 13.6. The van der Waals surface area contributed by atoms with Crippen LogP contribution in [0.2, 0.25) is 0 Å². The number of ether oxygens (including phenoxy) is 1. The number of benzene rings is 1. The fourth-order valence-corrected chi connectivity index (χ4v) is 4.06. The molecule has 0 fully saturated rings. The number of hydrogen-bond donors (Lipinski definition) is 2. The lowest BCUT2D eigenvalue weighted by atomic mass is 9.86. The van der Waals surface area contributed by atoms with Gasteiger partial charge in [-0.1, -0.05) is 51.1 Å². The van der Waals surface area contributed by atoms with Gasteiger partial charge in [-0.15, -0.1) is 0 Å². The van der Waals surface area contributed by atoms with Gasteiger partial charge >= 0.3 is 6.09 Å². The Kier molecular flexibility index (Phi) is 7.57. The van der Waals surface area contributed by atoms with Gasteiger partial charge in [0.15, 0.2) is 5.69 Å². The summed E-state index contributed by atoms with van der Waals surface area (Å²) in [6.07, 6.45) is 0.254. The van der Waals surface area contributed by atoms with Crippen LogP contribution in [-0.4, -0.2) is 57.6 Å². The maximum atomic E-state index is 13.6. The van der Waals surface area contributed by atoms with Gasteiger partial charge in [0.05, 0.1) is 12.2 Å². The molecule has 0 spiro atoms. The Morgan fingerprint density at radius 1 is 1.03 bits per heavy atom. The van der Waals surface area contributed by atoms with E-state index in [4.69, 9.17) is 9.72 Å². The molecule has 9 heteroatoms. The molecule has 1 aromatic heterocycles. The summed E-state index contributed by atoms with van der Waals surface area (Å²) in [6, 6.07) is 8.88. The molecule has 1 aromatic carbocycles. The second kappa shape index (κ2) is 10.1. The molecule has 190 valence electrons. The molecule has 0 radical (unpaired) electrons. The summed E-state index contributed by atoms with van der Waals surface area (Å²) < 4.78 is 7.60. The number of likely N-dealkylation sites (N-methyl/N-ethyl adjacent to an activating group) is 1. The molecule has 3 amide bonds. The number of fused-ring (bicyclic) bond motifs is 1. The van der Waals surface area contributed by atoms with Crippen molar-refractivity contribution in [1.82, 2.24) is 25.1 Å². The van der Waals surface area contributed by atoms with E-state index in [0.717, 1.165) is 5.56 Å². The van der Waals surface area contributed by atoms with Gasteiger partial charge in [-0.2, -0.15) is 0 Å². The molecule has 1 atom stereocenters. The maximum Gasteiger partial charge on any atom is 0.410 e. The Hall–Kier alpha value is -3.36. The highest BCUT2D eigenvalue weighted by Crippen LogP contribution is 2.28. The highest BCUT2D eigenvalue weighted by Gasteiger charge is 2.35. The first-order valence-electron chi connectivity index (χ1n) is 12.0. The predicted octanol–water partition coefficient (Wildman–Crippen LogP) is 3.58. The quantitative estimate of drug-likeness (QED) is 0.692. The van der Waals surface area contributed by atoms with E-state index in [1.807, 2.05) is 76.4 Å². The summed E-state index contributed by atoms with van der Waals surface area (Å²) >= 11 is 0. The third-order valence-corrected chi connectivity index (χ3v) is 5.77. The Bertz CT molecular complexity index is 1080. The fraction of sp³-hybridized carbons (Fsp3) is 0.538. The summed E-state index contributed by atoms with van der Waals surface area (Å²) in [7, 11) is 1.54. The topological polar surface area (TPSA) is 106 Å². The van der Waals surface area contributed by atoms with Crippen LogP contribution in [0.5, 0.6) is 0 Å². The highest BCUT2D eigenvalue weighted by molar-refractivity contribution is 5.98. The van der Waals surface area contributed by atoms with Gasteiger partial charge in [-0.3, -0.25) is 9.59 Å². The molecule has 0 bridgehead atoms. The molecule has 9 nitrogen and oxygen atoms in total. The van der Waals surface area contributed by atoms with Crippen LogP contribution in [0.3, 0.4) is 0 Å². The van der Waals surface area contributed by atoms with Gasteiger partial charge in [0.25, 0.3) is 5.91 Å². The average Bonchev–Trinajstić information content (AvgIpc) is 2.98. The van der Waals surface area contributed by atoms with Crippen LogP contribution in [0.25, 0.3) is 11.4 Å². The van der Waals surface area contributed by atoms with Crippen molar-refractivity contribution in [3.8, 4) is 11.4 Å². The molecule has 2 heterocycles. The summed E-state index contributed by atoms with van der Waals surface area (Å²) in [5, 5.41) is 5.51. The molecule has 2 aromatic rings. The Morgan fingerprint density at radius 2 is 1.69 bits per heavy atom. The van der Waals surface area contributed by atoms with Gasteiger partial charge in [0, 0.05) is 25.7 Å². The number of imidazole rings is 1. The minimum Gasteiger partial charge on any atom is -0.444 e. The fourth-order valence-electron chi connectivity index (χ4n) is 4.06. The van der Waals surface area contributed by atoms with Gasteiger partial charge < -0.3 is 24.8 Å². The number of aromatic nitrogens is 2. The van der Waals surface area contributed by atoms with Crippen LogP contribution in [-0.2, 0) is 22.6 Å². The molecule has 1 aliphatic rings. The molecular weight excluding hydrogens is 446 g/mol. The normalized spacial score (nSPS) is 15.0. The molecule has 0 aliphatic carbocycles. The summed E-state index contributed by atoms with van der Waals surface area (Å²) in [5.74, 6) is -0.0793. The smallest absolute Gasteiger partial charge is 0.410 e. The molecule has 0 unspecified atom stereocenters. The third kappa shape index (κ3) is 6.21. The minimum atomic E-state index is -0.759. The summed E-state index contributed by atoms with van der Waals surface area (Å²) in [4.78, 5) is 45.3. The van der Waals surface area contributed by atoms with E-state index < -0.39 is 29.1 Å². The summed E-state index contributed by atoms with van der Waals surface area (Å²) in [5.41, 5.74) is 0.549. The molecular formula is C26H37N5O4. The monoisotopic (exact) mass is 483 g/mol. The zero-order valence-corrected chi connectivity index (χ0v) is 21.8. The van der Waals surface area contributed by atoms with Crippen molar-refractivity contribution < 1.29 is 19.1 Å². The van der Waals surface area contributed by atoms with Crippen molar-refractivity contribution >= 4 is 17.9 Å². The zero-order valence-electron chi connectivity index (χ0n) is 21.8. The highest BCUT2D eigenvalue weighted by atomic mass is 16.6. The number of amides is 3. The molecule has 0 saturated heterocycles. The lowest BCUT2D eigenvalue weighted by molar-refractivity contribution is -0.124. The van der Waals surface area contributed by atoms with Crippen molar-refractivity contribution in [2.45, 2.75) is 72.7 Å². The van der Waals surface area contributed by atoms with Gasteiger partial charge in [-0.25, -0.2) is 9.78 Å². The van der Waals surface area contributed by atoms with E-state index in [2.05, 4.69) is 10.6 Å². The van der Waals surface area contributed by atoms with Gasteiger partial charge in [0.1, 0.15) is 17.5 Å². The number of carbonyl (C=O) groups excluding carboxylic acids is 3. The van der Waals surface area contributed by atoms with E-state index in [0.29, 0.717) is 31.0 Å². The number of nitrogens with zero attached hydrogens (tertiary/aromatic N) is 3. The van der Waals surface area contributed by atoms with E-state index in [1.165, 1.54) is 0 Å². The Labute approximate surface area is 207 Å². The van der Waals surface area contributed by atoms with E-state index >= 15 is 0 Å². The van der Waals surface area contributed by atoms with Crippen molar-refractivity contribution in [2.75, 3.05) is 13.6 Å². The first-order chi connectivity index (χ1) is 16.3. The molecule has 1 aliphatic heterocycles. The van der Waals surface area contributed by atoms with Crippen LogP contribution < -0.4 is 10.6 Å². The van der Waals surface area contributed by atoms with Crippen molar-refractivity contribution in [2.24, 2.45) is 5.41 Å². The van der Waals surface area contributed by atoms with Crippen LogP contribution in [0.15, 0.2) is 30.3 Å². The standard InChI is InChI=1S/C26H37N5O4/c1-25(2,3)20(23(33)27-7)29-22(32)19-18-16-30(24(34)35-26(4,5)6)14-11-15-31(18)21(28-19)17-12-9-8-10-13-17/h8-10,12-13,20H,11,14-16H2,1-7H3,(H,27,33)(H,29,32)/t20-/m1/s1. The van der Waals surface area contributed by atoms with Gasteiger partial charge in [0.2, 0.25) is 5.91 Å². The average molecular weight is 484 g/mol. The van der Waals surface area contributed by atoms with E-state index in [-0.39, 0.29) is 18.1 Å². The Balaban J connectivity index is 2.05. The molecule has 35 heavy (non-hydrogen) atoms. The van der Waals surface area contributed by atoms with Crippen LogP contribution in [0, 0.1) is 5.41 Å². The van der Waals surface area contributed by atoms with E-state index in [9.17, 15) is 14.4 Å². The Morgan fingerprint density at radius 3 is 2.26 bits per heavy atom. The largest absolute Gasteiger partial charge is 0.444 e. The van der Waals surface area contributed by atoms with Gasteiger partial charge in [-0.05, 0) is 32.6 Å². The minimum absolute atomic E-state index is 0.178. The SMILES string of the molecule is CNC(=O)[C@@H](NC(=O)c1nc(-c2ccccc2)n2c1CN(C(=O)OC(C)(C)C)CCC2)C(C)(C)C. The van der Waals surface area contributed by atoms with E-state index in [1.54, 1.807) is 11.9 Å². The third-order valence-electron chi connectivity index (χ3n) is 5.77. The second-order valence-corrected chi connectivity index (χ2v) is 10.9. The summed E-state index contributed by atoms with van der Waals surface area (Å²) in [6.45, 7) is 12.4. The lowest BCUT2D eigenvalue weighted by Gasteiger charge is -2.30. The number of hydrogen-bond acceptors (Lipinski definition) is 5. The zero-order chi connectivity index (χ0) is 26.0. The molecule has 3 rings (SSSR count). The van der Waals surface area contributed by atoms with Crippen molar-refractivity contribution in [3.63, 3.8) is 0 Å². The number of rotatable bonds is 4. The first-order valence-corrected chi connectivity index (χ1v) is 12.0. The predicted molar refractivity (Wildman–Crippen MR) is 134 cm³/mol. The van der Waals surface area contributed by atoms with Crippen molar-refractivity contribution in [3.05, 3.63) is 41.7 Å². The second-order valence-electron chi connectivity index (χ2n) is 10.9. The first kappa shape index (κ1) is 26.2. The van der Waals surface area contributed by atoms with Crippen molar-refractivity contribution in [1.29, 1.82) is 0 Å². The molecule has 2 N–H and O–H groups in total. The number of carbonyl (C=O) groups is 3. The lowest BCUT2D eigenvalue weighted by Crippen LogP contribution is -2.53. The van der Waals surface area contributed by atoms with Crippen LogP contribution >= 0.6 is 0 Å². The van der Waals surface area contributed by atoms with Crippen LogP contribution in [0.4, 0.5) is 4.79 Å². The number of nitrogens with one attached hydrogen (secondary N) is 2.